The Morgan fingerprint density at radius 2 is 1.03 bits per heavy atom. The maximum absolute atomic E-state index is 10.7. The molecule has 1 heterocycles. The number of hydrogen-bond donors (Lipinski definition) is 2. The van der Waals surface area contributed by atoms with Crippen molar-refractivity contribution in [3.05, 3.63) is 17.9 Å². The fourth-order valence-electron chi connectivity index (χ4n) is 4.22. The van der Waals surface area contributed by atoms with Crippen LogP contribution in [0.1, 0.15) is 166 Å². The minimum Gasteiger partial charge on any atom is -0.481 e. The van der Waals surface area contributed by atoms with E-state index in [0.29, 0.717) is 19.0 Å². The van der Waals surface area contributed by atoms with E-state index in [1.54, 1.807) is 6.07 Å². The summed E-state index contributed by atoms with van der Waals surface area (Å²) in [5.74, 6) is -1.50. The van der Waals surface area contributed by atoms with Gasteiger partial charge in [0.1, 0.15) is 0 Å². The van der Waals surface area contributed by atoms with Crippen molar-refractivity contribution in [2.24, 2.45) is 0 Å². The van der Waals surface area contributed by atoms with E-state index in [4.69, 9.17) is 19.4 Å². The number of furan rings is 1. The lowest BCUT2D eigenvalue weighted by molar-refractivity contribution is -0.137. The number of carboxylic acid groups (broad SMARTS) is 2. The molecule has 1 aromatic heterocycles. The van der Waals surface area contributed by atoms with Crippen LogP contribution in [0.25, 0.3) is 0 Å². The molecule has 0 saturated heterocycles. The monoisotopic (exact) mass is 524 g/mol. The Kier molecular flexibility index (Phi) is 25.6. The van der Waals surface area contributed by atoms with Crippen molar-refractivity contribution < 1.29 is 29.0 Å². The van der Waals surface area contributed by atoms with E-state index in [9.17, 15) is 9.59 Å². The highest BCUT2D eigenvalue weighted by atomic mass is 16.6. The van der Waals surface area contributed by atoms with Gasteiger partial charge in [0.2, 0.25) is 5.76 Å². The summed E-state index contributed by atoms with van der Waals surface area (Å²) in [5, 5.41) is 17.1. The first kappa shape index (κ1) is 35.0. The maximum atomic E-state index is 10.7. The standard InChI is InChI=1S/C19H32O4.C12H24O2/c1-2-3-4-5-6-7-8-9-10-11-12-13-16-22-18-15-14-17(23-18)19(20)21;1-2-3-4-5-6-7-8-9-10-11-12(13)14/h14-15H,2-13,16H2,1H3,(H,20,21);2-11H2,1H3,(H,13,14). The summed E-state index contributed by atoms with van der Waals surface area (Å²) in [7, 11) is 0. The van der Waals surface area contributed by atoms with Gasteiger partial charge in [-0.2, -0.15) is 0 Å². The molecule has 0 aliphatic carbocycles. The third-order valence-corrected chi connectivity index (χ3v) is 6.53. The first-order valence-electron chi connectivity index (χ1n) is 15.2. The number of carboxylic acids is 2. The van der Waals surface area contributed by atoms with Crippen molar-refractivity contribution >= 4 is 11.9 Å². The molecule has 0 aliphatic heterocycles. The van der Waals surface area contributed by atoms with Crippen LogP contribution in [-0.2, 0) is 4.79 Å². The van der Waals surface area contributed by atoms with Gasteiger partial charge in [-0.05, 0) is 18.9 Å². The minimum absolute atomic E-state index is 0.0744. The highest BCUT2D eigenvalue weighted by Gasteiger charge is 2.09. The predicted octanol–water partition coefficient (Wildman–Crippen LogP) is 10.0. The molecule has 0 unspecified atom stereocenters. The Morgan fingerprint density at radius 3 is 1.41 bits per heavy atom. The first-order chi connectivity index (χ1) is 18.0. The average Bonchev–Trinajstić information content (AvgIpc) is 3.35. The Labute approximate surface area is 226 Å². The third-order valence-electron chi connectivity index (χ3n) is 6.53. The molecule has 0 aromatic carbocycles. The zero-order chi connectivity index (χ0) is 27.4. The fraction of sp³-hybridized carbons (Fsp3) is 0.806. The molecule has 0 bridgehead atoms. The van der Waals surface area contributed by atoms with Crippen molar-refractivity contribution in [1.82, 2.24) is 0 Å². The topological polar surface area (TPSA) is 97.0 Å². The highest BCUT2D eigenvalue weighted by Crippen LogP contribution is 2.17. The number of carbonyl (C=O) groups is 2. The summed E-state index contributed by atoms with van der Waals surface area (Å²) >= 11 is 0. The lowest BCUT2D eigenvalue weighted by atomic mass is 10.1. The fourth-order valence-corrected chi connectivity index (χ4v) is 4.22. The van der Waals surface area contributed by atoms with Crippen LogP contribution in [0.3, 0.4) is 0 Å². The van der Waals surface area contributed by atoms with Gasteiger partial charge >= 0.3 is 11.9 Å². The quantitative estimate of drug-likeness (QED) is 0.123. The van der Waals surface area contributed by atoms with E-state index in [1.165, 1.54) is 115 Å². The molecule has 0 fully saturated rings. The Hall–Kier alpha value is -1.98. The number of ether oxygens (including phenoxy) is 1. The number of aliphatic carboxylic acids is 1. The van der Waals surface area contributed by atoms with E-state index in [1.807, 2.05) is 0 Å². The van der Waals surface area contributed by atoms with Crippen molar-refractivity contribution in [1.29, 1.82) is 0 Å². The molecule has 37 heavy (non-hydrogen) atoms. The van der Waals surface area contributed by atoms with Crippen molar-refractivity contribution in [2.75, 3.05) is 6.61 Å². The average molecular weight is 525 g/mol. The zero-order valence-corrected chi connectivity index (χ0v) is 23.9. The van der Waals surface area contributed by atoms with Gasteiger partial charge in [0, 0.05) is 12.5 Å². The molecule has 0 aliphatic rings. The normalized spacial score (nSPS) is 10.6. The molecule has 0 saturated carbocycles. The van der Waals surface area contributed by atoms with Gasteiger partial charge in [-0.15, -0.1) is 0 Å². The lowest BCUT2D eigenvalue weighted by Crippen LogP contribution is -1.96. The van der Waals surface area contributed by atoms with Crippen LogP contribution < -0.4 is 4.74 Å². The summed E-state index contributed by atoms with van der Waals surface area (Å²) in [5.41, 5.74) is 0. The summed E-state index contributed by atoms with van der Waals surface area (Å²) in [4.78, 5) is 20.9. The Morgan fingerprint density at radius 1 is 0.622 bits per heavy atom. The van der Waals surface area contributed by atoms with Gasteiger partial charge in [-0.3, -0.25) is 4.79 Å². The largest absolute Gasteiger partial charge is 0.481 e. The van der Waals surface area contributed by atoms with Crippen LogP contribution >= 0.6 is 0 Å². The molecule has 6 heteroatoms. The lowest BCUT2D eigenvalue weighted by Gasteiger charge is -2.04. The molecule has 0 atom stereocenters. The summed E-state index contributed by atoms with van der Waals surface area (Å²) in [6, 6.07) is 2.98. The van der Waals surface area contributed by atoms with Gasteiger partial charge in [-0.25, -0.2) is 4.79 Å². The van der Waals surface area contributed by atoms with Gasteiger partial charge < -0.3 is 19.4 Å². The summed E-state index contributed by atoms with van der Waals surface area (Å²) in [6.45, 7) is 5.07. The van der Waals surface area contributed by atoms with Crippen LogP contribution in [0.15, 0.2) is 16.5 Å². The summed E-state index contributed by atoms with van der Waals surface area (Å²) in [6.07, 6.45) is 27.2. The molecule has 0 radical (unpaired) electrons. The van der Waals surface area contributed by atoms with Gasteiger partial charge in [0.25, 0.3) is 5.95 Å². The van der Waals surface area contributed by atoms with Crippen LogP contribution in [0.5, 0.6) is 5.95 Å². The second kappa shape index (κ2) is 27.1. The van der Waals surface area contributed by atoms with Crippen molar-refractivity contribution in [2.45, 2.75) is 155 Å². The molecule has 1 rings (SSSR count). The maximum Gasteiger partial charge on any atom is 0.371 e. The predicted molar refractivity (Wildman–Crippen MR) is 152 cm³/mol. The SMILES string of the molecule is CCCCCCCCCCCC(=O)O.CCCCCCCCCCCCCCOc1ccc(C(=O)O)o1. The molecule has 1 aromatic rings. The van der Waals surface area contributed by atoms with Crippen molar-refractivity contribution in [3.63, 3.8) is 0 Å². The number of rotatable bonds is 25. The molecule has 2 N–H and O–H groups in total. The van der Waals surface area contributed by atoms with Gasteiger partial charge in [-0.1, -0.05) is 136 Å². The number of unbranched alkanes of at least 4 members (excludes halogenated alkanes) is 19. The molecular weight excluding hydrogens is 468 g/mol. The minimum atomic E-state index is -1.06. The van der Waals surface area contributed by atoms with E-state index in [0.717, 1.165) is 25.7 Å². The highest BCUT2D eigenvalue weighted by molar-refractivity contribution is 5.84. The van der Waals surface area contributed by atoms with E-state index in [-0.39, 0.29) is 5.76 Å². The molecule has 0 amide bonds. The molecule has 216 valence electrons. The van der Waals surface area contributed by atoms with E-state index < -0.39 is 11.9 Å². The van der Waals surface area contributed by atoms with Crippen LogP contribution in [0, 0.1) is 0 Å². The van der Waals surface area contributed by atoms with E-state index >= 15 is 0 Å². The number of aromatic carboxylic acids is 1. The van der Waals surface area contributed by atoms with Crippen LogP contribution in [0.4, 0.5) is 0 Å². The third kappa shape index (κ3) is 25.5. The zero-order valence-electron chi connectivity index (χ0n) is 23.9. The molecule has 6 nitrogen and oxygen atoms in total. The second-order valence-corrected chi connectivity index (χ2v) is 10.1. The number of hydrogen-bond acceptors (Lipinski definition) is 4. The molecule has 0 spiro atoms. The second-order valence-electron chi connectivity index (χ2n) is 10.1. The Bertz CT molecular complexity index is 639. The Balaban J connectivity index is 0.000000795. The van der Waals surface area contributed by atoms with Gasteiger partial charge in [0.05, 0.1) is 6.61 Å². The smallest absolute Gasteiger partial charge is 0.371 e. The summed E-state index contributed by atoms with van der Waals surface area (Å²) < 4.78 is 10.4. The van der Waals surface area contributed by atoms with Gasteiger partial charge in [0.15, 0.2) is 0 Å². The van der Waals surface area contributed by atoms with E-state index in [2.05, 4.69) is 13.8 Å². The van der Waals surface area contributed by atoms with Crippen molar-refractivity contribution in [3.8, 4) is 5.95 Å². The van der Waals surface area contributed by atoms with Crippen LogP contribution in [-0.4, -0.2) is 28.8 Å². The molecular formula is C31H56O6. The first-order valence-corrected chi connectivity index (χ1v) is 15.2. The van der Waals surface area contributed by atoms with Crippen LogP contribution in [0.2, 0.25) is 0 Å².